The van der Waals surface area contributed by atoms with E-state index in [1.54, 1.807) is 22.0 Å². The van der Waals surface area contributed by atoms with Gasteiger partial charge in [0.25, 0.3) is 0 Å². The second kappa shape index (κ2) is 7.35. The minimum Gasteiger partial charge on any atom is -0.391 e. The van der Waals surface area contributed by atoms with Gasteiger partial charge in [-0.1, -0.05) is 6.92 Å². The van der Waals surface area contributed by atoms with Gasteiger partial charge in [-0.2, -0.15) is 5.10 Å². The first-order valence-electron chi connectivity index (χ1n) is 8.87. The molecule has 25 heavy (non-hydrogen) atoms. The number of aliphatic hydroxyl groups is 1. The Labute approximate surface area is 148 Å². The van der Waals surface area contributed by atoms with Gasteiger partial charge in [-0.05, 0) is 49.9 Å². The maximum absolute atomic E-state index is 12.7. The van der Waals surface area contributed by atoms with Gasteiger partial charge in [0.15, 0.2) is 0 Å². The smallest absolute Gasteiger partial charge is 0.244 e. The van der Waals surface area contributed by atoms with Crippen molar-refractivity contribution in [1.29, 1.82) is 0 Å². The number of aromatic nitrogens is 3. The van der Waals surface area contributed by atoms with Gasteiger partial charge in [0.2, 0.25) is 5.91 Å². The molecule has 1 fully saturated rings. The molecule has 0 radical (unpaired) electrons. The van der Waals surface area contributed by atoms with E-state index in [9.17, 15) is 9.90 Å². The van der Waals surface area contributed by atoms with Crippen LogP contribution in [0.2, 0.25) is 0 Å². The van der Waals surface area contributed by atoms with Crippen molar-refractivity contribution in [2.45, 2.75) is 46.3 Å². The van der Waals surface area contributed by atoms with E-state index in [4.69, 9.17) is 0 Å². The second-order valence-corrected chi connectivity index (χ2v) is 6.85. The van der Waals surface area contributed by atoms with Gasteiger partial charge in [0, 0.05) is 37.1 Å². The number of β-amino-alcohol motifs (C(OH)–C–C–N with tert-alkyl or cyclic N) is 1. The molecule has 0 unspecified atom stereocenters. The van der Waals surface area contributed by atoms with E-state index in [2.05, 4.69) is 17.0 Å². The maximum Gasteiger partial charge on any atom is 0.244 e. The third kappa shape index (κ3) is 3.74. The number of carbonyl (C=O) groups is 1. The van der Waals surface area contributed by atoms with Gasteiger partial charge in [0.05, 0.1) is 11.8 Å². The summed E-state index contributed by atoms with van der Waals surface area (Å²) in [5.74, 6) is 0.0857. The normalized spacial score (nSPS) is 20.2. The molecular weight excluding hydrogens is 316 g/mol. The summed E-state index contributed by atoms with van der Waals surface area (Å²) >= 11 is 0. The zero-order valence-corrected chi connectivity index (χ0v) is 15.1. The summed E-state index contributed by atoms with van der Waals surface area (Å²) in [6.45, 7) is 7.32. The van der Waals surface area contributed by atoms with Gasteiger partial charge in [-0.15, -0.1) is 0 Å². The highest BCUT2D eigenvalue weighted by molar-refractivity contribution is 5.76. The first-order valence-corrected chi connectivity index (χ1v) is 8.87. The summed E-state index contributed by atoms with van der Waals surface area (Å²) in [5, 5.41) is 14.8. The second-order valence-electron chi connectivity index (χ2n) is 6.85. The van der Waals surface area contributed by atoms with Crippen LogP contribution in [0.3, 0.4) is 0 Å². The number of aliphatic hydroxyl groups excluding tert-OH is 1. The number of likely N-dealkylation sites (tertiary alicyclic amines) is 1. The number of carbonyl (C=O) groups excluding carboxylic acids is 1. The number of nitrogens with zero attached hydrogens (tertiary/aromatic N) is 4. The van der Waals surface area contributed by atoms with E-state index in [1.165, 1.54) is 5.56 Å². The standard InChI is InChI=1S/C19H26N4O2/c1-4-17-13(2)21-23(14(17)3)12-19(25)22-10-16(18(24)11-22)9-15-5-7-20-8-6-15/h5-8,16,18,24H,4,9-12H2,1-3H3/t16-,18-/m1/s1. The van der Waals surface area contributed by atoms with Crippen LogP contribution in [0.15, 0.2) is 24.5 Å². The quantitative estimate of drug-likeness (QED) is 0.894. The van der Waals surface area contributed by atoms with Gasteiger partial charge in [-0.25, -0.2) is 0 Å². The van der Waals surface area contributed by atoms with Crippen molar-refractivity contribution in [2.75, 3.05) is 13.1 Å². The molecule has 1 N–H and O–H groups in total. The zero-order valence-electron chi connectivity index (χ0n) is 15.1. The lowest BCUT2D eigenvalue weighted by molar-refractivity contribution is -0.131. The minimum atomic E-state index is -0.483. The highest BCUT2D eigenvalue weighted by Crippen LogP contribution is 2.22. The maximum atomic E-state index is 12.7. The van der Waals surface area contributed by atoms with Gasteiger partial charge >= 0.3 is 0 Å². The number of hydrogen-bond acceptors (Lipinski definition) is 4. The number of pyridine rings is 1. The van der Waals surface area contributed by atoms with E-state index in [1.807, 2.05) is 26.0 Å². The van der Waals surface area contributed by atoms with E-state index in [0.29, 0.717) is 13.1 Å². The predicted molar refractivity (Wildman–Crippen MR) is 95.1 cm³/mol. The number of amides is 1. The van der Waals surface area contributed by atoms with Crippen molar-refractivity contribution in [1.82, 2.24) is 19.7 Å². The lowest BCUT2D eigenvalue weighted by atomic mass is 9.97. The molecule has 2 aromatic rings. The largest absolute Gasteiger partial charge is 0.391 e. The molecule has 2 aromatic heterocycles. The van der Waals surface area contributed by atoms with Crippen LogP contribution >= 0.6 is 0 Å². The van der Waals surface area contributed by atoms with Gasteiger partial charge < -0.3 is 10.0 Å². The zero-order chi connectivity index (χ0) is 18.0. The van der Waals surface area contributed by atoms with E-state index in [-0.39, 0.29) is 18.4 Å². The molecule has 0 spiro atoms. The van der Waals surface area contributed by atoms with Crippen LogP contribution in [0.25, 0.3) is 0 Å². The number of rotatable bonds is 5. The van der Waals surface area contributed by atoms with Crippen molar-refractivity contribution < 1.29 is 9.90 Å². The van der Waals surface area contributed by atoms with Crippen LogP contribution in [-0.4, -0.2) is 49.9 Å². The van der Waals surface area contributed by atoms with Crippen molar-refractivity contribution in [3.63, 3.8) is 0 Å². The van der Waals surface area contributed by atoms with Crippen LogP contribution in [0.1, 0.15) is 29.4 Å². The van der Waals surface area contributed by atoms with Crippen molar-refractivity contribution >= 4 is 5.91 Å². The third-order valence-corrected chi connectivity index (χ3v) is 5.18. The molecular formula is C19H26N4O2. The van der Waals surface area contributed by atoms with Crippen molar-refractivity contribution in [2.24, 2.45) is 5.92 Å². The van der Waals surface area contributed by atoms with Gasteiger partial charge in [-0.3, -0.25) is 14.5 Å². The molecule has 134 valence electrons. The molecule has 6 heteroatoms. The number of aryl methyl sites for hydroxylation is 1. The Hall–Kier alpha value is -2.21. The molecule has 1 aliphatic rings. The van der Waals surface area contributed by atoms with E-state index in [0.717, 1.165) is 29.8 Å². The SMILES string of the molecule is CCc1c(C)nn(CC(=O)N2C[C@@H](Cc3ccncc3)[C@H](O)C2)c1C. The Morgan fingerprint density at radius 1 is 1.28 bits per heavy atom. The Balaban J connectivity index is 1.64. The summed E-state index contributed by atoms with van der Waals surface area (Å²) in [5.41, 5.74) is 4.40. The molecule has 0 aliphatic carbocycles. The Morgan fingerprint density at radius 3 is 2.64 bits per heavy atom. The molecule has 3 rings (SSSR count). The molecule has 6 nitrogen and oxygen atoms in total. The first-order chi connectivity index (χ1) is 12.0. The first kappa shape index (κ1) is 17.6. The molecule has 2 atom stereocenters. The summed E-state index contributed by atoms with van der Waals surface area (Å²) in [6, 6.07) is 3.92. The Kier molecular flexibility index (Phi) is 5.18. The molecule has 0 saturated carbocycles. The molecule has 1 aliphatic heterocycles. The summed E-state index contributed by atoms with van der Waals surface area (Å²) in [6.07, 6.45) is 4.71. The molecule has 0 bridgehead atoms. The highest BCUT2D eigenvalue weighted by Gasteiger charge is 2.34. The predicted octanol–water partition coefficient (Wildman–Crippen LogP) is 1.52. The minimum absolute atomic E-state index is 0.0181. The average Bonchev–Trinajstić information content (AvgIpc) is 3.08. The molecule has 3 heterocycles. The fourth-order valence-corrected chi connectivity index (χ4v) is 3.71. The van der Waals surface area contributed by atoms with E-state index >= 15 is 0 Å². The molecule has 0 aromatic carbocycles. The van der Waals surface area contributed by atoms with Crippen molar-refractivity contribution in [3.8, 4) is 0 Å². The van der Waals surface area contributed by atoms with Gasteiger partial charge in [0.1, 0.15) is 6.54 Å². The van der Waals surface area contributed by atoms with Crippen LogP contribution in [0.5, 0.6) is 0 Å². The third-order valence-electron chi connectivity index (χ3n) is 5.18. The monoisotopic (exact) mass is 342 g/mol. The highest BCUT2D eigenvalue weighted by atomic mass is 16.3. The topological polar surface area (TPSA) is 71.2 Å². The van der Waals surface area contributed by atoms with Crippen LogP contribution in [-0.2, 0) is 24.2 Å². The fraction of sp³-hybridized carbons (Fsp3) is 0.526. The lowest BCUT2D eigenvalue weighted by Gasteiger charge is -2.17. The Morgan fingerprint density at radius 2 is 2.00 bits per heavy atom. The fourth-order valence-electron chi connectivity index (χ4n) is 3.71. The lowest BCUT2D eigenvalue weighted by Crippen LogP contribution is -2.33. The summed E-state index contributed by atoms with van der Waals surface area (Å²) < 4.78 is 1.79. The summed E-state index contributed by atoms with van der Waals surface area (Å²) in [7, 11) is 0. The molecule has 1 saturated heterocycles. The Bertz CT molecular complexity index is 741. The van der Waals surface area contributed by atoms with E-state index < -0.39 is 6.10 Å². The van der Waals surface area contributed by atoms with Crippen LogP contribution in [0.4, 0.5) is 0 Å². The van der Waals surface area contributed by atoms with Crippen LogP contribution in [0, 0.1) is 19.8 Å². The van der Waals surface area contributed by atoms with Crippen molar-refractivity contribution in [3.05, 3.63) is 47.0 Å². The molecule has 1 amide bonds. The van der Waals surface area contributed by atoms with Crippen LogP contribution < -0.4 is 0 Å². The number of hydrogen-bond donors (Lipinski definition) is 1. The summed E-state index contributed by atoms with van der Waals surface area (Å²) in [4.78, 5) is 18.4. The average molecular weight is 342 g/mol.